The minimum Gasteiger partial charge on any atom is -0.461 e. The maximum atomic E-state index is 5.40. The lowest BCUT2D eigenvalue weighted by Crippen LogP contribution is -1.88. The third-order valence-corrected chi connectivity index (χ3v) is 1.81. The Morgan fingerprint density at radius 2 is 2.17 bits per heavy atom. The third kappa shape index (κ3) is 1.07. The summed E-state index contributed by atoms with van der Waals surface area (Å²) in [5, 5.41) is 3.66. The van der Waals surface area contributed by atoms with Crippen molar-refractivity contribution in [3.05, 3.63) is 30.0 Å². The monoisotopic (exact) mass is 157 g/mol. The second-order valence-corrected chi connectivity index (χ2v) is 2.75. The van der Waals surface area contributed by atoms with Crippen molar-refractivity contribution in [2.45, 2.75) is 6.92 Å². The first kappa shape index (κ1) is 7.28. The predicted octanol–water partition coefficient (Wildman–Crippen LogP) is 2.24. The Labute approximate surface area is 72.0 Å². The van der Waals surface area contributed by atoms with Crippen molar-refractivity contribution in [2.75, 3.05) is 5.23 Å². The molecule has 2 rings (SSSR count). The standard InChI is InChI=1S/C9H8BNO/c1-6-4-7-5-8(11-10)2-3-9(7)12-6/h2-5,11H,1H3. The molecular weight excluding hydrogens is 149 g/mol. The van der Waals surface area contributed by atoms with Crippen LogP contribution in [0.15, 0.2) is 28.7 Å². The van der Waals surface area contributed by atoms with Crippen LogP contribution in [-0.2, 0) is 0 Å². The van der Waals surface area contributed by atoms with Gasteiger partial charge in [0, 0.05) is 11.1 Å². The summed E-state index contributed by atoms with van der Waals surface area (Å²) >= 11 is 0. The third-order valence-electron chi connectivity index (χ3n) is 1.81. The first-order valence-corrected chi connectivity index (χ1v) is 3.76. The van der Waals surface area contributed by atoms with E-state index in [4.69, 9.17) is 12.4 Å². The zero-order valence-electron chi connectivity index (χ0n) is 6.79. The predicted molar refractivity (Wildman–Crippen MR) is 50.3 cm³/mol. The number of hydrogen-bond acceptors (Lipinski definition) is 2. The molecule has 1 aromatic heterocycles. The highest BCUT2D eigenvalue weighted by Gasteiger charge is 1.99. The van der Waals surface area contributed by atoms with Gasteiger partial charge in [0.05, 0.1) is 0 Å². The Hall–Kier alpha value is -1.38. The zero-order valence-corrected chi connectivity index (χ0v) is 6.79. The minimum absolute atomic E-state index is 0.892. The number of aryl methyl sites for hydroxylation is 1. The van der Waals surface area contributed by atoms with Crippen LogP contribution in [0.2, 0.25) is 0 Å². The molecule has 0 bridgehead atoms. The van der Waals surface area contributed by atoms with Crippen LogP contribution in [-0.4, -0.2) is 7.98 Å². The maximum Gasteiger partial charge on any atom is 0.222 e. The van der Waals surface area contributed by atoms with Gasteiger partial charge in [-0.15, -0.1) is 0 Å². The molecule has 2 aromatic rings. The van der Waals surface area contributed by atoms with E-state index in [1.807, 2.05) is 31.2 Å². The van der Waals surface area contributed by atoms with Gasteiger partial charge in [0.2, 0.25) is 7.98 Å². The number of hydrogen-bond donors (Lipinski definition) is 1. The van der Waals surface area contributed by atoms with Gasteiger partial charge in [-0.1, -0.05) is 0 Å². The van der Waals surface area contributed by atoms with Gasteiger partial charge >= 0.3 is 0 Å². The SMILES string of the molecule is [B]Nc1ccc2oc(C)cc2c1. The average Bonchev–Trinajstić information content (AvgIpc) is 2.43. The molecule has 2 nitrogen and oxygen atoms in total. The van der Waals surface area contributed by atoms with E-state index in [2.05, 4.69) is 5.23 Å². The molecule has 1 aromatic carbocycles. The topological polar surface area (TPSA) is 25.2 Å². The van der Waals surface area contributed by atoms with Gasteiger partial charge in [-0.3, -0.25) is 0 Å². The van der Waals surface area contributed by atoms with Gasteiger partial charge in [-0.05, 0) is 31.2 Å². The van der Waals surface area contributed by atoms with Crippen molar-refractivity contribution >= 4 is 24.6 Å². The second-order valence-electron chi connectivity index (χ2n) is 2.75. The molecule has 0 atom stereocenters. The van der Waals surface area contributed by atoms with Crippen LogP contribution < -0.4 is 5.23 Å². The molecule has 0 amide bonds. The molecule has 58 valence electrons. The Morgan fingerprint density at radius 1 is 1.33 bits per heavy atom. The summed E-state index contributed by atoms with van der Waals surface area (Å²) in [6.45, 7) is 1.93. The van der Waals surface area contributed by atoms with Crippen molar-refractivity contribution in [3.8, 4) is 0 Å². The van der Waals surface area contributed by atoms with Crippen LogP contribution in [0.5, 0.6) is 0 Å². The van der Waals surface area contributed by atoms with Crippen molar-refractivity contribution in [1.82, 2.24) is 0 Å². The first-order valence-electron chi connectivity index (χ1n) is 3.76. The first-order chi connectivity index (χ1) is 5.79. The molecule has 1 heterocycles. The van der Waals surface area contributed by atoms with Crippen molar-refractivity contribution < 1.29 is 4.42 Å². The van der Waals surface area contributed by atoms with Crippen LogP contribution in [0.4, 0.5) is 5.69 Å². The molecule has 0 fully saturated rings. The van der Waals surface area contributed by atoms with Crippen molar-refractivity contribution in [2.24, 2.45) is 0 Å². The lowest BCUT2D eigenvalue weighted by molar-refractivity contribution is 0.578. The van der Waals surface area contributed by atoms with E-state index in [9.17, 15) is 0 Å². The number of nitrogens with one attached hydrogen (secondary N) is 1. The molecule has 1 N–H and O–H groups in total. The van der Waals surface area contributed by atoms with E-state index in [0.29, 0.717) is 0 Å². The summed E-state index contributed by atoms with van der Waals surface area (Å²) < 4.78 is 5.40. The Morgan fingerprint density at radius 3 is 2.92 bits per heavy atom. The van der Waals surface area contributed by atoms with E-state index < -0.39 is 0 Å². The van der Waals surface area contributed by atoms with Gasteiger partial charge in [-0.25, -0.2) is 0 Å². The number of benzene rings is 1. The second kappa shape index (κ2) is 2.59. The van der Waals surface area contributed by atoms with E-state index in [1.54, 1.807) is 0 Å². The highest BCUT2D eigenvalue weighted by atomic mass is 16.3. The maximum absolute atomic E-state index is 5.40. The molecule has 0 aliphatic rings. The van der Waals surface area contributed by atoms with Crippen LogP contribution in [0, 0.1) is 6.92 Å². The highest BCUT2D eigenvalue weighted by molar-refractivity contribution is 6.16. The molecule has 0 spiro atoms. The molecule has 0 aliphatic carbocycles. The van der Waals surface area contributed by atoms with Crippen LogP contribution in [0.25, 0.3) is 11.0 Å². The van der Waals surface area contributed by atoms with Crippen LogP contribution >= 0.6 is 0 Å². The van der Waals surface area contributed by atoms with Gasteiger partial charge in [-0.2, -0.15) is 0 Å². The summed E-state index contributed by atoms with van der Waals surface area (Å²) in [5.74, 6) is 0.916. The van der Waals surface area contributed by atoms with Gasteiger partial charge < -0.3 is 9.64 Å². The minimum atomic E-state index is 0.892. The lowest BCUT2D eigenvalue weighted by atomic mass is 10.2. The van der Waals surface area contributed by atoms with Crippen molar-refractivity contribution in [3.63, 3.8) is 0 Å². The van der Waals surface area contributed by atoms with E-state index in [1.165, 1.54) is 0 Å². The summed E-state index contributed by atoms with van der Waals surface area (Å²) in [6, 6.07) is 7.71. The van der Waals surface area contributed by atoms with E-state index >= 15 is 0 Å². The van der Waals surface area contributed by atoms with Crippen molar-refractivity contribution in [1.29, 1.82) is 0 Å². The number of furan rings is 1. The fraction of sp³-hybridized carbons (Fsp3) is 0.111. The Kier molecular flexibility index (Phi) is 1.57. The highest BCUT2D eigenvalue weighted by Crippen LogP contribution is 2.21. The molecule has 3 heteroatoms. The van der Waals surface area contributed by atoms with E-state index in [-0.39, 0.29) is 0 Å². The smallest absolute Gasteiger partial charge is 0.222 e. The zero-order chi connectivity index (χ0) is 8.55. The molecule has 0 saturated heterocycles. The molecule has 0 unspecified atom stereocenters. The molecule has 2 radical (unpaired) electrons. The Balaban J connectivity index is 2.66. The lowest BCUT2D eigenvalue weighted by Gasteiger charge is -1.97. The molecule has 12 heavy (non-hydrogen) atoms. The van der Waals surface area contributed by atoms with Gasteiger partial charge in [0.25, 0.3) is 0 Å². The van der Waals surface area contributed by atoms with Gasteiger partial charge in [0.1, 0.15) is 11.3 Å². The number of rotatable bonds is 1. The molecule has 0 aliphatic heterocycles. The molecule has 0 saturated carbocycles. The summed E-state index contributed by atoms with van der Waals surface area (Å²) in [4.78, 5) is 0. The number of anilines is 1. The fourth-order valence-corrected chi connectivity index (χ4v) is 1.27. The van der Waals surface area contributed by atoms with Crippen LogP contribution in [0.1, 0.15) is 5.76 Å². The normalized spacial score (nSPS) is 10.4. The summed E-state index contributed by atoms with van der Waals surface area (Å²) in [6.07, 6.45) is 0. The number of fused-ring (bicyclic) bond motifs is 1. The fourth-order valence-electron chi connectivity index (χ4n) is 1.27. The summed E-state index contributed by atoms with van der Waals surface area (Å²) in [7, 11) is 5.27. The van der Waals surface area contributed by atoms with Crippen LogP contribution in [0.3, 0.4) is 0 Å². The summed E-state index contributed by atoms with van der Waals surface area (Å²) in [5.41, 5.74) is 1.79. The van der Waals surface area contributed by atoms with E-state index in [0.717, 1.165) is 22.4 Å². The van der Waals surface area contributed by atoms with Gasteiger partial charge in [0.15, 0.2) is 0 Å². The average molecular weight is 157 g/mol. The Bertz CT molecular complexity index is 408. The largest absolute Gasteiger partial charge is 0.461 e. The molecular formula is C9H8BNO. The quantitative estimate of drug-likeness (QED) is 0.642.